The van der Waals surface area contributed by atoms with Crippen LogP contribution < -0.4 is 0 Å². The molecular formula is C14H17N5O. The van der Waals surface area contributed by atoms with E-state index in [-0.39, 0.29) is 5.91 Å². The number of aromatic nitrogens is 4. The molecule has 2 heterocycles. The molecule has 1 aliphatic heterocycles. The van der Waals surface area contributed by atoms with E-state index in [0.29, 0.717) is 5.92 Å². The van der Waals surface area contributed by atoms with Crippen LogP contribution in [0.4, 0.5) is 0 Å². The number of carbonyl (C=O) groups excluding carboxylic acids is 1. The number of likely N-dealkylation sites (tertiary alicyclic amines) is 1. The Balaban J connectivity index is 1.75. The van der Waals surface area contributed by atoms with E-state index in [1.54, 1.807) is 4.68 Å². The van der Waals surface area contributed by atoms with Crippen LogP contribution in [0, 0.1) is 5.92 Å². The smallest absolute Gasteiger partial charge is 0.253 e. The molecule has 1 aliphatic rings. The summed E-state index contributed by atoms with van der Waals surface area (Å²) >= 11 is 0. The zero-order valence-electron chi connectivity index (χ0n) is 11.4. The van der Waals surface area contributed by atoms with Crippen molar-refractivity contribution < 1.29 is 4.79 Å². The largest absolute Gasteiger partial charge is 0.338 e. The monoisotopic (exact) mass is 271 g/mol. The van der Waals surface area contributed by atoms with Gasteiger partial charge >= 0.3 is 0 Å². The van der Waals surface area contributed by atoms with Crippen LogP contribution in [0.15, 0.2) is 30.6 Å². The molecular weight excluding hydrogens is 254 g/mol. The number of nitrogens with zero attached hydrogens (tertiary/aromatic N) is 5. The summed E-state index contributed by atoms with van der Waals surface area (Å²) in [6, 6.07) is 7.38. The molecule has 0 saturated carbocycles. The number of hydrogen-bond donors (Lipinski definition) is 0. The highest BCUT2D eigenvalue weighted by Crippen LogP contribution is 2.18. The van der Waals surface area contributed by atoms with Crippen molar-refractivity contribution in [1.29, 1.82) is 0 Å². The molecule has 0 aliphatic carbocycles. The normalized spacial score (nSPS) is 19.1. The molecule has 0 spiro atoms. The lowest BCUT2D eigenvalue weighted by atomic mass is 9.99. The minimum atomic E-state index is 0.111. The van der Waals surface area contributed by atoms with E-state index in [1.807, 2.05) is 29.2 Å². The second-order valence-electron chi connectivity index (χ2n) is 5.30. The molecule has 6 nitrogen and oxygen atoms in total. The number of carbonyl (C=O) groups is 1. The van der Waals surface area contributed by atoms with Crippen molar-refractivity contribution in [2.24, 2.45) is 5.92 Å². The first-order valence-corrected chi connectivity index (χ1v) is 6.87. The van der Waals surface area contributed by atoms with Crippen molar-refractivity contribution in [3.63, 3.8) is 0 Å². The molecule has 1 aromatic carbocycles. The summed E-state index contributed by atoms with van der Waals surface area (Å²) in [6.07, 6.45) is 3.83. The molecule has 1 fully saturated rings. The van der Waals surface area contributed by atoms with Crippen LogP contribution in [-0.4, -0.2) is 44.1 Å². The van der Waals surface area contributed by atoms with Crippen molar-refractivity contribution in [3.8, 4) is 5.69 Å². The first-order valence-electron chi connectivity index (χ1n) is 6.87. The summed E-state index contributed by atoms with van der Waals surface area (Å²) < 4.78 is 1.57. The fourth-order valence-corrected chi connectivity index (χ4v) is 2.59. The fraction of sp³-hybridized carbons (Fsp3) is 0.429. The predicted molar refractivity (Wildman–Crippen MR) is 73.5 cm³/mol. The summed E-state index contributed by atoms with van der Waals surface area (Å²) in [4.78, 5) is 14.4. The lowest BCUT2D eigenvalue weighted by molar-refractivity contribution is 0.0683. The molecule has 0 radical (unpaired) electrons. The van der Waals surface area contributed by atoms with E-state index >= 15 is 0 Å². The molecule has 1 amide bonds. The van der Waals surface area contributed by atoms with Crippen molar-refractivity contribution in [2.75, 3.05) is 13.1 Å². The third kappa shape index (κ3) is 2.54. The molecule has 104 valence electrons. The summed E-state index contributed by atoms with van der Waals surface area (Å²) in [5.74, 6) is 0.702. The molecule has 20 heavy (non-hydrogen) atoms. The average molecular weight is 271 g/mol. The molecule has 0 N–H and O–H groups in total. The van der Waals surface area contributed by atoms with Gasteiger partial charge in [-0.3, -0.25) is 4.79 Å². The van der Waals surface area contributed by atoms with Gasteiger partial charge in [0.05, 0.1) is 5.69 Å². The van der Waals surface area contributed by atoms with Gasteiger partial charge in [0, 0.05) is 18.7 Å². The third-order valence-corrected chi connectivity index (χ3v) is 3.67. The van der Waals surface area contributed by atoms with Crippen LogP contribution >= 0.6 is 0 Å². The SMILES string of the molecule is CC1CCCN(C(=O)c2ccc(-n3cnnn3)cc2)C1. The summed E-state index contributed by atoms with van der Waals surface area (Å²) in [7, 11) is 0. The first kappa shape index (κ1) is 12.8. The van der Waals surface area contributed by atoms with Crippen molar-refractivity contribution in [2.45, 2.75) is 19.8 Å². The zero-order chi connectivity index (χ0) is 13.9. The molecule has 6 heteroatoms. The Labute approximate surface area is 117 Å². The number of benzene rings is 1. The molecule has 1 unspecified atom stereocenters. The standard InChI is InChI=1S/C14H17N5O/c1-11-3-2-8-18(9-11)14(20)12-4-6-13(7-5-12)19-10-15-16-17-19/h4-7,10-11H,2-3,8-9H2,1H3. The van der Waals surface area contributed by atoms with Gasteiger partial charge in [-0.15, -0.1) is 5.10 Å². The fourth-order valence-electron chi connectivity index (χ4n) is 2.59. The van der Waals surface area contributed by atoms with Gasteiger partial charge < -0.3 is 4.90 Å². The van der Waals surface area contributed by atoms with Gasteiger partial charge in [0.25, 0.3) is 5.91 Å². The molecule has 2 aromatic rings. The van der Waals surface area contributed by atoms with Crippen LogP contribution in [0.3, 0.4) is 0 Å². The first-order chi connectivity index (χ1) is 9.74. The van der Waals surface area contributed by atoms with Gasteiger partial charge in [-0.05, 0) is 53.5 Å². The molecule has 1 atom stereocenters. The lowest BCUT2D eigenvalue weighted by Crippen LogP contribution is -2.39. The number of hydrogen-bond acceptors (Lipinski definition) is 4. The van der Waals surface area contributed by atoms with Gasteiger partial charge in [-0.1, -0.05) is 6.92 Å². The van der Waals surface area contributed by atoms with E-state index in [0.717, 1.165) is 30.8 Å². The minimum Gasteiger partial charge on any atom is -0.338 e. The second-order valence-corrected chi connectivity index (χ2v) is 5.30. The topological polar surface area (TPSA) is 63.9 Å². The summed E-state index contributed by atoms with van der Waals surface area (Å²) in [6.45, 7) is 3.91. The number of amides is 1. The minimum absolute atomic E-state index is 0.111. The van der Waals surface area contributed by atoms with Crippen molar-refractivity contribution in [1.82, 2.24) is 25.1 Å². The Morgan fingerprint density at radius 3 is 2.75 bits per heavy atom. The van der Waals surface area contributed by atoms with Gasteiger partial charge in [0.15, 0.2) is 0 Å². The van der Waals surface area contributed by atoms with Crippen LogP contribution in [0.25, 0.3) is 5.69 Å². The maximum atomic E-state index is 12.4. The van der Waals surface area contributed by atoms with Gasteiger partial charge in [0.2, 0.25) is 0 Å². The second kappa shape index (κ2) is 5.40. The van der Waals surface area contributed by atoms with Crippen LogP contribution in [0.2, 0.25) is 0 Å². The highest BCUT2D eigenvalue weighted by molar-refractivity contribution is 5.94. The van der Waals surface area contributed by atoms with Gasteiger partial charge in [-0.2, -0.15) is 0 Å². The Kier molecular flexibility index (Phi) is 3.45. The number of rotatable bonds is 2. The highest BCUT2D eigenvalue weighted by Gasteiger charge is 2.21. The van der Waals surface area contributed by atoms with Crippen molar-refractivity contribution in [3.05, 3.63) is 36.2 Å². The van der Waals surface area contributed by atoms with Crippen LogP contribution in [-0.2, 0) is 0 Å². The Bertz CT molecular complexity index is 578. The lowest BCUT2D eigenvalue weighted by Gasteiger charge is -2.31. The number of piperidine rings is 1. The maximum Gasteiger partial charge on any atom is 0.253 e. The Morgan fingerprint density at radius 2 is 2.10 bits per heavy atom. The summed E-state index contributed by atoms with van der Waals surface area (Å²) in [5.41, 5.74) is 1.56. The van der Waals surface area contributed by atoms with Crippen molar-refractivity contribution >= 4 is 5.91 Å². The maximum absolute atomic E-state index is 12.4. The average Bonchev–Trinajstić information content (AvgIpc) is 3.01. The van der Waals surface area contributed by atoms with Gasteiger partial charge in [-0.25, -0.2) is 4.68 Å². The predicted octanol–water partition coefficient (Wildman–Crippen LogP) is 1.53. The zero-order valence-corrected chi connectivity index (χ0v) is 11.4. The van der Waals surface area contributed by atoms with E-state index in [2.05, 4.69) is 22.4 Å². The van der Waals surface area contributed by atoms with E-state index < -0.39 is 0 Å². The third-order valence-electron chi connectivity index (χ3n) is 3.67. The molecule has 1 saturated heterocycles. The van der Waals surface area contributed by atoms with Gasteiger partial charge in [0.1, 0.15) is 6.33 Å². The van der Waals surface area contributed by atoms with E-state index in [4.69, 9.17) is 0 Å². The Morgan fingerprint density at radius 1 is 1.30 bits per heavy atom. The highest BCUT2D eigenvalue weighted by atomic mass is 16.2. The number of tetrazole rings is 1. The molecule has 0 bridgehead atoms. The molecule has 1 aromatic heterocycles. The van der Waals surface area contributed by atoms with Crippen LogP contribution in [0.1, 0.15) is 30.1 Å². The quantitative estimate of drug-likeness (QED) is 0.831. The van der Waals surface area contributed by atoms with Crippen LogP contribution in [0.5, 0.6) is 0 Å². The molecule has 3 rings (SSSR count). The van der Waals surface area contributed by atoms with E-state index in [9.17, 15) is 4.79 Å². The van der Waals surface area contributed by atoms with E-state index in [1.165, 1.54) is 12.7 Å². The Hall–Kier alpha value is -2.24. The summed E-state index contributed by atoms with van der Waals surface area (Å²) in [5, 5.41) is 11.0.